The fourth-order valence-electron chi connectivity index (χ4n) is 2.34. The molecule has 0 nitrogen and oxygen atoms in total. The van der Waals surface area contributed by atoms with E-state index in [1.807, 2.05) is 0 Å². The van der Waals surface area contributed by atoms with Crippen LogP contribution < -0.4 is 10.6 Å². The molecule has 2 aromatic rings. The van der Waals surface area contributed by atoms with Crippen LogP contribution in [-0.4, -0.2) is 13.8 Å². The molecule has 2 heteroatoms. The zero-order valence-corrected chi connectivity index (χ0v) is 9.54. The van der Waals surface area contributed by atoms with E-state index in [0.29, 0.717) is 0 Å². The van der Waals surface area contributed by atoms with Crippen molar-refractivity contribution in [2.75, 3.05) is 6.66 Å². The van der Waals surface area contributed by atoms with Gasteiger partial charge in [-0.15, -0.1) is 0 Å². The van der Waals surface area contributed by atoms with Crippen LogP contribution in [0.4, 0.5) is 0 Å². The van der Waals surface area contributed by atoms with Gasteiger partial charge in [-0.1, -0.05) is 0 Å². The minimum atomic E-state index is -1.57. The summed E-state index contributed by atoms with van der Waals surface area (Å²) in [5, 5.41) is 2.68. The van der Waals surface area contributed by atoms with Gasteiger partial charge < -0.3 is 0 Å². The van der Waals surface area contributed by atoms with Gasteiger partial charge in [0.2, 0.25) is 0 Å². The van der Waals surface area contributed by atoms with Crippen molar-refractivity contribution in [1.82, 2.24) is 0 Å². The van der Waals surface area contributed by atoms with E-state index in [1.165, 1.54) is 21.7 Å². The maximum absolute atomic E-state index is 6.51. The maximum atomic E-state index is 6.51. The molecule has 0 fully saturated rings. The van der Waals surface area contributed by atoms with Crippen molar-refractivity contribution in [3.8, 4) is 11.1 Å². The fourth-order valence-corrected chi connectivity index (χ4v) is 4.78. The first-order valence-corrected chi connectivity index (χ1v) is 7.36. The van der Waals surface area contributed by atoms with E-state index in [1.54, 1.807) is 0 Å². The van der Waals surface area contributed by atoms with E-state index in [-0.39, 0.29) is 0 Å². The van der Waals surface area contributed by atoms with Crippen LogP contribution in [-0.2, 0) is 0 Å². The molecule has 71 valence electrons. The van der Waals surface area contributed by atoms with Crippen molar-refractivity contribution in [3.05, 3.63) is 48.5 Å². The molecule has 3 rings (SSSR count). The van der Waals surface area contributed by atoms with Crippen molar-refractivity contribution in [2.24, 2.45) is 0 Å². The zero-order valence-electron chi connectivity index (χ0n) is 8.64. The molecule has 0 N–H and O–H groups in total. The molecular formula is C13H11BP. The Kier molecular flexibility index (Phi) is 1.81. The van der Waals surface area contributed by atoms with Gasteiger partial charge in [-0.2, -0.15) is 0 Å². The summed E-state index contributed by atoms with van der Waals surface area (Å²) in [6.07, 6.45) is 0. The number of hydrogen-bond donors (Lipinski definition) is 0. The monoisotopic (exact) mass is 209 g/mol. The molecular weight excluding hydrogens is 198 g/mol. The predicted molar refractivity (Wildman–Crippen MR) is 69.7 cm³/mol. The molecule has 0 unspecified atom stereocenters. The summed E-state index contributed by atoms with van der Waals surface area (Å²) in [4.78, 5) is 0. The molecule has 1 radical (unpaired) electrons. The molecule has 0 atom stereocenters. The van der Waals surface area contributed by atoms with Crippen LogP contribution in [0, 0.1) is 0 Å². The third kappa shape index (κ3) is 1.13. The quantitative estimate of drug-likeness (QED) is 0.461. The Morgan fingerprint density at radius 2 is 1.20 bits per heavy atom. The molecule has 2 aromatic carbocycles. The Morgan fingerprint density at radius 3 is 1.67 bits per heavy atom. The SMILES string of the molecule is [B]=P1(C)c2ccccc2-c2ccccc21. The number of hydrogen-bond acceptors (Lipinski definition) is 0. The Bertz CT molecular complexity index is 537. The van der Waals surface area contributed by atoms with Gasteiger partial charge in [-0.05, 0) is 0 Å². The van der Waals surface area contributed by atoms with Crippen LogP contribution in [0.15, 0.2) is 48.5 Å². The average Bonchev–Trinajstić information content (AvgIpc) is 2.51. The zero-order chi connectivity index (χ0) is 10.5. The van der Waals surface area contributed by atoms with Crippen LogP contribution in [0.5, 0.6) is 0 Å². The number of fused-ring (bicyclic) bond motifs is 3. The molecule has 0 amide bonds. The van der Waals surface area contributed by atoms with Crippen LogP contribution >= 0.6 is 6.75 Å². The molecule has 0 saturated heterocycles. The van der Waals surface area contributed by atoms with Gasteiger partial charge in [-0.25, -0.2) is 0 Å². The summed E-state index contributed by atoms with van der Waals surface area (Å²) in [7, 11) is 6.51. The van der Waals surface area contributed by atoms with Crippen molar-refractivity contribution in [2.45, 2.75) is 0 Å². The first kappa shape index (κ1) is 9.18. The summed E-state index contributed by atoms with van der Waals surface area (Å²) >= 11 is 0. The minimum absolute atomic E-state index is 1.33. The van der Waals surface area contributed by atoms with Gasteiger partial charge >= 0.3 is 90.9 Å². The van der Waals surface area contributed by atoms with Gasteiger partial charge in [0.1, 0.15) is 0 Å². The summed E-state index contributed by atoms with van der Waals surface area (Å²) < 4.78 is 0. The first-order chi connectivity index (χ1) is 7.21. The Balaban J connectivity index is 2.47. The van der Waals surface area contributed by atoms with E-state index in [9.17, 15) is 0 Å². The van der Waals surface area contributed by atoms with Crippen molar-refractivity contribution in [3.63, 3.8) is 0 Å². The third-order valence-electron chi connectivity index (χ3n) is 3.10. The van der Waals surface area contributed by atoms with Crippen molar-refractivity contribution >= 4 is 24.5 Å². The summed E-state index contributed by atoms with van der Waals surface area (Å²) in [6, 6.07) is 17.0. The molecule has 0 saturated carbocycles. The molecule has 1 aliphatic heterocycles. The normalized spacial score (nSPS) is 15.7. The molecule has 1 heterocycles. The molecule has 0 spiro atoms. The topological polar surface area (TPSA) is 0 Å². The van der Waals surface area contributed by atoms with E-state index in [2.05, 4.69) is 55.2 Å². The predicted octanol–water partition coefficient (Wildman–Crippen LogP) is 2.35. The van der Waals surface area contributed by atoms with Gasteiger partial charge in [0.05, 0.1) is 0 Å². The standard InChI is InChI=1S/C13H11BP/c1-15(14)12-8-4-2-6-10(12)11-7-3-5-9-13(11)15/h2-9H,1H3. The second-order valence-corrected chi connectivity index (χ2v) is 7.22. The van der Waals surface area contributed by atoms with Gasteiger partial charge in [-0.3, -0.25) is 0 Å². The molecule has 0 bridgehead atoms. The summed E-state index contributed by atoms with van der Waals surface area (Å²) in [6.45, 7) is 0.619. The molecule has 0 aliphatic carbocycles. The van der Waals surface area contributed by atoms with Crippen LogP contribution in [0.3, 0.4) is 0 Å². The Morgan fingerprint density at radius 1 is 0.800 bits per heavy atom. The van der Waals surface area contributed by atoms with Crippen LogP contribution in [0.25, 0.3) is 11.1 Å². The second kappa shape index (κ2) is 2.96. The average molecular weight is 209 g/mol. The van der Waals surface area contributed by atoms with Crippen LogP contribution in [0.2, 0.25) is 0 Å². The molecule has 15 heavy (non-hydrogen) atoms. The van der Waals surface area contributed by atoms with E-state index < -0.39 is 6.75 Å². The Hall–Kier alpha value is -1.07. The first-order valence-electron chi connectivity index (χ1n) is 5.06. The van der Waals surface area contributed by atoms with E-state index >= 15 is 0 Å². The number of rotatable bonds is 0. The second-order valence-electron chi connectivity index (χ2n) is 4.11. The van der Waals surface area contributed by atoms with E-state index in [0.717, 1.165) is 0 Å². The number of benzene rings is 2. The van der Waals surface area contributed by atoms with Crippen molar-refractivity contribution < 1.29 is 0 Å². The molecule has 1 aliphatic rings. The Labute approximate surface area is 91.3 Å². The van der Waals surface area contributed by atoms with Crippen molar-refractivity contribution in [1.29, 1.82) is 0 Å². The summed E-state index contributed by atoms with van der Waals surface area (Å²) in [5.74, 6) is 0. The van der Waals surface area contributed by atoms with Gasteiger partial charge in [0.15, 0.2) is 0 Å². The van der Waals surface area contributed by atoms with Gasteiger partial charge in [0, 0.05) is 0 Å². The molecule has 0 aromatic heterocycles. The third-order valence-corrected chi connectivity index (χ3v) is 5.88. The van der Waals surface area contributed by atoms with Crippen LogP contribution in [0.1, 0.15) is 0 Å². The fraction of sp³-hybridized carbons (Fsp3) is 0.0769. The van der Waals surface area contributed by atoms with Gasteiger partial charge in [0.25, 0.3) is 0 Å². The van der Waals surface area contributed by atoms with E-state index in [4.69, 9.17) is 7.18 Å². The summed E-state index contributed by atoms with van der Waals surface area (Å²) in [5.41, 5.74) is 2.65.